The fourth-order valence-electron chi connectivity index (χ4n) is 2.78. The zero-order valence-electron chi connectivity index (χ0n) is 15.8. The Morgan fingerprint density at radius 1 is 1.03 bits per heavy atom. The van der Waals surface area contributed by atoms with Crippen LogP contribution in [-0.2, 0) is 11.3 Å². The highest BCUT2D eigenvalue weighted by atomic mass is 32.1. The molecule has 0 unspecified atom stereocenters. The number of benzene rings is 2. The first kappa shape index (κ1) is 19.4. The van der Waals surface area contributed by atoms with Crippen LogP contribution in [0.2, 0.25) is 0 Å². The molecule has 8 heteroatoms. The second kappa shape index (κ2) is 8.62. The molecular formula is C22H18N4O3S. The lowest BCUT2D eigenvalue weighted by Gasteiger charge is -2.10. The van der Waals surface area contributed by atoms with Gasteiger partial charge in [0.2, 0.25) is 5.91 Å². The highest BCUT2D eigenvalue weighted by Gasteiger charge is 2.12. The number of carbonyl (C=O) groups excluding carboxylic acids is 1. The molecule has 0 spiro atoms. The average Bonchev–Trinajstić information content (AvgIpc) is 3.28. The third kappa shape index (κ3) is 4.56. The second-order valence-corrected chi connectivity index (χ2v) is 7.36. The van der Waals surface area contributed by atoms with E-state index < -0.39 is 5.56 Å². The highest BCUT2D eigenvalue weighted by Crippen LogP contribution is 2.23. The minimum Gasteiger partial charge on any atom is -0.457 e. The monoisotopic (exact) mass is 418 g/mol. The zero-order valence-corrected chi connectivity index (χ0v) is 16.6. The molecule has 0 aliphatic carbocycles. The molecule has 4 rings (SSSR count). The van der Waals surface area contributed by atoms with E-state index in [4.69, 9.17) is 10.5 Å². The van der Waals surface area contributed by atoms with E-state index in [9.17, 15) is 9.59 Å². The number of nitrogen functional groups attached to an aromatic ring is 1. The second-order valence-electron chi connectivity index (χ2n) is 6.41. The van der Waals surface area contributed by atoms with Gasteiger partial charge in [-0.2, -0.15) is 5.10 Å². The van der Waals surface area contributed by atoms with Gasteiger partial charge in [-0.1, -0.05) is 24.3 Å². The molecular weight excluding hydrogens is 400 g/mol. The molecule has 2 heterocycles. The maximum Gasteiger partial charge on any atom is 0.290 e. The molecule has 150 valence electrons. The van der Waals surface area contributed by atoms with Gasteiger partial charge in [-0.15, -0.1) is 11.3 Å². The Morgan fingerprint density at radius 3 is 2.47 bits per heavy atom. The van der Waals surface area contributed by atoms with Gasteiger partial charge < -0.3 is 15.8 Å². The van der Waals surface area contributed by atoms with Crippen molar-refractivity contribution in [3.63, 3.8) is 0 Å². The van der Waals surface area contributed by atoms with Gasteiger partial charge in [0, 0.05) is 5.69 Å². The SMILES string of the molecule is Nc1cc(-c2cccs2)nn(CC(=O)Nc2ccc(Oc3ccccc3)cc2)c1=O. The van der Waals surface area contributed by atoms with Crippen LogP contribution in [-0.4, -0.2) is 15.7 Å². The standard InChI is InChI=1S/C22H18N4O3S/c23-18-13-19(20-7-4-12-30-20)25-26(22(18)28)14-21(27)24-15-8-10-17(11-9-15)29-16-5-2-1-3-6-16/h1-13H,14,23H2,(H,24,27). The van der Waals surface area contributed by atoms with Crippen molar-refractivity contribution in [1.29, 1.82) is 0 Å². The molecule has 30 heavy (non-hydrogen) atoms. The van der Waals surface area contributed by atoms with Crippen LogP contribution in [0.5, 0.6) is 11.5 Å². The molecule has 0 fully saturated rings. The largest absolute Gasteiger partial charge is 0.457 e. The number of nitrogens with zero attached hydrogens (tertiary/aromatic N) is 2. The van der Waals surface area contributed by atoms with E-state index in [0.29, 0.717) is 17.1 Å². The van der Waals surface area contributed by atoms with Gasteiger partial charge in [-0.3, -0.25) is 9.59 Å². The average molecular weight is 418 g/mol. The summed E-state index contributed by atoms with van der Waals surface area (Å²) >= 11 is 1.48. The molecule has 4 aromatic rings. The fourth-order valence-corrected chi connectivity index (χ4v) is 3.46. The first-order chi connectivity index (χ1) is 14.6. The molecule has 3 N–H and O–H groups in total. The van der Waals surface area contributed by atoms with E-state index in [0.717, 1.165) is 15.3 Å². The van der Waals surface area contributed by atoms with E-state index in [-0.39, 0.29) is 18.1 Å². The van der Waals surface area contributed by atoms with Crippen molar-refractivity contribution in [3.05, 3.63) is 88.5 Å². The van der Waals surface area contributed by atoms with E-state index in [2.05, 4.69) is 10.4 Å². The normalized spacial score (nSPS) is 10.5. The van der Waals surface area contributed by atoms with Gasteiger partial charge in [0.15, 0.2) is 0 Å². The summed E-state index contributed by atoms with van der Waals surface area (Å²) in [6.45, 7) is -0.246. The predicted molar refractivity (Wildman–Crippen MR) is 118 cm³/mol. The van der Waals surface area contributed by atoms with Crippen LogP contribution in [0.1, 0.15) is 0 Å². The molecule has 7 nitrogen and oxygen atoms in total. The Balaban J connectivity index is 1.44. The number of nitrogens with one attached hydrogen (secondary N) is 1. The van der Waals surface area contributed by atoms with E-state index in [1.54, 1.807) is 24.3 Å². The van der Waals surface area contributed by atoms with Crippen LogP contribution in [0.15, 0.2) is 83.0 Å². The first-order valence-corrected chi connectivity index (χ1v) is 10.0. The summed E-state index contributed by atoms with van der Waals surface area (Å²) in [4.78, 5) is 25.6. The minimum atomic E-state index is -0.503. The van der Waals surface area contributed by atoms with Gasteiger partial charge in [0.1, 0.15) is 29.4 Å². The summed E-state index contributed by atoms with van der Waals surface area (Å²) in [5.41, 5.74) is 6.50. The smallest absolute Gasteiger partial charge is 0.290 e. The molecule has 0 bridgehead atoms. The predicted octanol–water partition coefficient (Wildman–Crippen LogP) is 3.99. The maximum atomic E-state index is 12.4. The van der Waals surface area contributed by atoms with Crippen molar-refractivity contribution in [2.75, 3.05) is 11.1 Å². The quantitative estimate of drug-likeness (QED) is 0.493. The minimum absolute atomic E-state index is 0.0450. The third-order valence-electron chi connectivity index (χ3n) is 4.19. The number of hydrogen-bond acceptors (Lipinski definition) is 6. The first-order valence-electron chi connectivity index (χ1n) is 9.13. The molecule has 1 amide bonds. The van der Waals surface area contributed by atoms with Crippen molar-refractivity contribution in [2.24, 2.45) is 0 Å². The summed E-state index contributed by atoms with van der Waals surface area (Å²) in [6, 6.07) is 21.6. The topological polar surface area (TPSA) is 99.2 Å². The van der Waals surface area contributed by atoms with Gasteiger partial charge in [0.05, 0.1) is 4.88 Å². The number of aromatic nitrogens is 2. The Bertz CT molecular complexity index is 1200. The van der Waals surface area contributed by atoms with Crippen LogP contribution in [0.4, 0.5) is 11.4 Å². The van der Waals surface area contributed by atoms with Crippen molar-refractivity contribution in [1.82, 2.24) is 9.78 Å². The lowest BCUT2D eigenvalue weighted by atomic mass is 10.3. The molecule has 0 atom stereocenters. The fraction of sp³-hybridized carbons (Fsp3) is 0.0455. The number of thiophene rings is 1. The Kier molecular flexibility index (Phi) is 5.58. The Labute approximate surface area is 176 Å². The van der Waals surface area contributed by atoms with E-state index in [1.165, 1.54) is 17.4 Å². The molecule has 0 saturated heterocycles. The van der Waals surface area contributed by atoms with Crippen molar-refractivity contribution in [2.45, 2.75) is 6.54 Å². The van der Waals surface area contributed by atoms with E-state index >= 15 is 0 Å². The molecule has 2 aromatic carbocycles. The van der Waals surface area contributed by atoms with Crippen molar-refractivity contribution >= 4 is 28.6 Å². The number of amides is 1. The number of carbonyl (C=O) groups is 1. The summed E-state index contributed by atoms with van der Waals surface area (Å²) in [5, 5.41) is 8.93. The van der Waals surface area contributed by atoms with E-state index in [1.807, 2.05) is 47.8 Å². The summed E-state index contributed by atoms with van der Waals surface area (Å²) in [5.74, 6) is 0.987. The summed E-state index contributed by atoms with van der Waals surface area (Å²) < 4.78 is 6.81. The molecule has 0 aliphatic rings. The van der Waals surface area contributed by atoms with Gasteiger partial charge in [0.25, 0.3) is 5.56 Å². The van der Waals surface area contributed by atoms with Crippen LogP contribution < -0.4 is 21.3 Å². The maximum absolute atomic E-state index is 12.4. The highest BCUT2D eigenvalue weighted by molar-refractivity contribution is 7.13. The van der Waals surface area contributed by atoms with Gasteiger partial charge in [-0.25, -0.2) is 4.68 Å². The number of rotatable bonds is 6. The van der Waals surface area contributed by atoms with Crippen LogP contribution >= 0.6 is 11.3 Å². The van der Waals surface area contributed by atoms with Crippen LogP contribution in [0, 0.1) is 0 Å². The molecule has 0 saturated carbocycles. The van der Waals surface area contributed by atoms with Crippen LogP contribution in [0.3, 0.4) is 0 Å². The van der Waals surface area contributed by atoms with Crippen molar-refractivity contribution in [3.8, 4) is 22.1 Å². The van der Waals surface area contributed by atoms with Gasteiger partial charge >= 0.3 is 0 Å². The number of anilines is 2. The Hall–Kier alpha value is -3.91. The zero-order chi connectivity index (χ0) is 20.9. The number of hydrogen-bond donors (Lipinski definition) is 2. The number of ether oxygens (including phenoxy) is 1. The molecule has 2 aromatic heterocycles. The summed E-state index contributed by atoms with van der Waals surface area (Å²) in [6.07, 6.45) is 0. The van der Waals surface area contributed by atoms with Gasteiger partial charge in [-0.05, 0) is 53.9 Å². The lowest BCUT2D eigenvalue weighted by molar-refractivity contribution is -0.117. The van der Waals surface area contributed by atoms with Crippen LogP contribution in [0.25, 0.3) is 10.6 Å². The number of para-hydroxylation sites is 1. The summed E-state index contributed by atoms with van der Waals surface area (Å²) in [7, 11) is 0. The third-order valence-corrected chi connectivity index (χ3v) is 5.08. The lowest BCUT2D eigenvalue weighted by Crippen LogP contribution is -2.31. The Morgan fingerprint density at radius 2 is 1.77 bits per heavy atom. The molecule has 0 radical (unpaired) electrons. The number of nitrogens with two attached hydrogens (primary N) is 1. The molecule has 0 aliphatic heterocycles. The van der Waals surface area contributed by atoms with Crippen molar-refractivity contribution < 1.29 is 9.53 Å².